The summed E-state index contributed by atoms with van der Waals surface area (Å²) in [6, 6.07) is 5.43. The number of likely N-dealkylation sites (tertiary alicyclic amines) is 1. The number of hydrogen-bond acceptors (Lipinski definition) is 3. The van der Waals surface area contributed by atoms with Gasteiger partial charge in [0.25, 0.3) is 5.91 Å². The zero-order valence-corrected chi connectivity index (χ0v) is 13.6. The molecule has 0 aromatic heterocycles. The van der Waals surface area contributed by atoms with Crippen LogP contribution in [0.15, 0.2) is 22.7 Å². The number of benzene rings is 1. The first-order valence-electron chi connectivity index (χ1n) is 5.60. The van der Waals surface area contributed by atoms with Crippen molar-refractivity contribution >= 4 is 50.4 Å². The number of halogens is 2. The van der Waals surface area contributed by atoms with E-state index in [0.717, 1.165) is 8.04 Å². The van der Waals surface area contributed by atoms with Crippen molar-refractivity contribution in [3.8, 4) is 0 Å². The van der Waals surface area contributed by atoms with Gasteiger partial charge in [-0.2, -0.15) is 0 Å². The number of amides is 1. The standard InChI is InChI=1S/C12H12BrIN2O3/c13-7-1-2-9(14)8(5-7)10(17)16-4-3-12(15,6-16)11(18)19/h1-2,5H,3-4,6,15H2,(H,18,19). The minimum atomic E-state index is -1.33. The van der Waals surface area contributed by atoms with E-state index in [-0.39, 0.29) is 18.9 Å². The van der Waals surface area contributed by atoms with Crippen molar-refractivity contribution in [2.24, 2.45) is 5.73 Å². The molecule has 5 nitrogen and oxygen atoms in total. The first-order valence-corrected chi connectivity index (χ1v) is 7.47. The Kier molecular flexibility index (Phi) is 4.17. The van der Waals surface area contributed by atoms with Gasteiger partial charge in [-0.1, -0.05) is 15.9 Å². The monoisotopic (exact) mass is 438 g/mol. The minimum Gasteiger partial charge on any atom is -0.480 e. The lowest BCUT2D eigenvalue weighted by molar-refractivity contribution is -0.142. The van der Waals surface area contributed by atoms with Gasteiger partial charge in [-0.3, -0.25) is 9.59 Å². The molecule has 1 aliphatic rings. The van der Waals surface area contributed by atoms with E-state index < -0.39 is 11.5 Å². The zero-order chi connectivity index (χ0) is 14.2. The van der Waals surface area contributed by atoms with E-state index in [1.54, 1.807) is 6.07 Å². The molecule has 19 heavy (non-hydrogen) atoms. The molecule has 1 aromatic rings. The fraction of sp³-hybridized carbons (Fsp3) is 0.333. The molecule has 102 valence electrons. The molecule has 3 N–H and O–H groups in total. The van der Waals surface area contributed by atoms with Crippen LogP contribution in [0, 0.1) is 3.57 Å². The topological polar surface area (TPSA) is 83.6 Å². The first-order chi connectivity index (χ1) is 8.83. The Balaban J connectivity index is 2.22. The Morgan fingerprint density at radius 3 is 2.74 bits per heavy atom. The zero-order valence-electron chi connectivity index (χ0n) is 9.90. The van der Waals surface area contributed by atoms with Gasteiger partial charge in [0.15, 0.2) is 0 Å². The Morgan fingerprint density at radius 1 is 1.47 bits per heavy atom. The number of hydrogen-bond donors (Lipinski definition) is 2. The van der Waals surface area contributed by atoms with E-state index in [2.05, 4.69) is 38.5 Å². The molecule has 1 amide bonds. The molecule has 0 spiro atoms. The molecule has 2 rings (SSSR count). The van der Waals surface area contributed by atoms with Crippen molar-refractivity contribution in [2.75, 3.05) is 13.1 Å². The number of nitrogens with zero attached hydrogens (tertiary/aromatic N) is 1. The molecule has 0 aliphatic carbocycles. The smallest absolute Gasteiger partial charge is 0.325 e. The van der Waals surface area contributed by atoms with Crippen molar-refractivity contribution < 1.29 is 14.7 Å². The lowest BCUT2D eigenvalue weighted by Gasteiger charge is -2.20. The summed E-state index contributed by atoms with van der Waals surface area (Å²) in [6.45, 7) is 0.411. The minimum absolute atomic E-state index is 0.0454. The predicted octanol–water partition coefficient (Wildman–Crippen LogP) is 1.68. The summed E-state index contributed by atoms with van der Waals surface area (Å²) in [5.41, 5.74) is 5.01. The van der Waals surface area contributed by atoms with Gasteiger partial charge in [0.05, 0.1) is 5.56 Å². The maximum atomic E-state index is 12.4. The van der Waals surface area contributed by atoms with Crippen molar-refractivity contribution in [1.82, 2.24) is 4.90 Å². The molecular formula is C12H12BrIN2O3. The van der Waals surface area contributed by atoms with E-state index in [1.807, 2.05) is 12.1 Å². The van der Waals surface area contributed by atoms with Crippen molar-refractivity contribution in [2.45, 2.75) is 12.0 Å². The van der Waals surface area contributed by atoms with Crippen molar-refractivity contribution in [3.05, 3.63) is 31.8 Å². The highest BCUT2D eigenvalue weighted by atomic mass is 127. The third-order valence-electron chi connectivity index (χ3n) is 3.17. The number of carboxylic acids is 1. The predicted molar refractivity (Wildman–Crippen MR) is 81.9 cm³/mol. The second-order valence-electron chi connectivity index (χ2n) is 4.56. The average molecular weight is 439 g/mol. The molecule has 0 radical (unpaired) electrons. The summed E-state index contributed by atoms with van der Waals surface area (Å²) in [5, 5.41) is 9.07. The summed E-state index contributed by atoms with van der Waals surface area (Å²) in [5.74, 6) is -1.24. The third kappa shape index (κ3) is 2.92. The lowest BCUT2D eigenvalue weighted by Crippen LogP contribution is -2.50. The Labute approximate surface area is 132 Å². The van der Waals surface area contributed by atoms with Crippen LogP contribution in [0.2, 0.25) is 0 Å². The van der Waals surface area contributed by atoms with Crippen LogP contribution in [0.1, 0.15) is 16.8 Å². The summed E-state index contributed by atoms with van der Waals surface area (Å²) >= 11 is 5.41. The summed E-state index contributed by atoms with van der Waals surface area (Å²) < 4.78 is 1.64. The fourth-order valence-corrected chi connectivity index (χ4v) is 2.94. The maximum Gasteiger partial charge on any atom is 0.325 e. The quantitative estimate of drug-likeness (QED) is 0.688. The number of carboxylic acid groups (broad SMARTS) is 1. The lowest BCUT2D eigenvalue weighted by atomic mass is 10.0. The van der Waals surface area contributed by atoms with Crippen molar-refractivity contribution in [1.29, 1.82) is 0 Å². The fourth-order valence-electron chi connectivity index (χ4n) is 2.01. The van der Waals surface area contributed by atoms with Crippen LogP contribution in [0.25, 0.3) is 0 Å². The molecule has 1 aromatic carbocycles. The van der Waals surface area contributed by atoms with Crippen LogP contribution in [0.4, 0.5) is 0 Å². The second kappa shape index (κ2) is 5.37. The molecule has 1 saturated heterocycles. The SMILES string of the molecule is NC1(C(=O)O)CCN(C(=O)c2cc(Br)ccc2I)C1. The first kappa shape index (κ1) is 14.7. The number of aliphatic carboxylic acids is 1. The van der Waals surface area contributed by atoms with Gasteiger partial charge < -0.3 is 15.7 Å². The largest absolute Gasteiger partial charge is 0.480 e. The van der Waals surface area contributed by atoms with Crippen LogP contribution >= 0.6 is 38.5 Å². The summed E-state index contributed by atoms with van der Waals surface area (Å²) in [7, 11) is 0. The van der Waals surface area contributed by atoms with E-state index in [4.69, 9.17) is 10.8 Å². The molecule has 7 heteroatoms. The number of nitrogens with two attached hydrogens (primary N) is 1. The Morgan fingerprint density at radius 2 is 2.16 bits per heavy atom. The van der Waals surface area contributed by atoms with Crippen LogP contribution in [-0.2, 0) is 4.79 Å². The molecule has 0 saturated carbocycles. The van der Waals surface area contributed by atoms with Gasteiger partial charge in [-0.15, -0.1) is 0 Å². The van der Waals surface area contributed by atoms with Crippen LogP contribution in [-0.4, -0.2) is 40.5 Å². The van der Waals surface area contributed by atoms with Crippen LogP contribution in [0.5, 0.6) is 0 Å². The Hall–Kier alpha value is -0.670. The highest BCUT2D eigenvalue weighted by Gasteiger charge is 2.43. The van der Waals surface area contributed by atoms with Gasteiger partial charge in [0, 0.05) is 21.1 Å². The molecule has 1 unspecified atom stereocenters. The van der Waals surface area contributed by atoms with Crippen molar-refractivity contribution in [3.63, 3.8) is 0 Å². The molecule has 1 heterocycles. The summed E-state index contributed by atoms with van der Waals surface area (Å²) in [4.78, 5) is 25.0. The maximum absolute atomic E-state index is 12.4. The normalized spacial score (nSPS) is 22.6. The molecule has 0 bridgehead atoms. The highest BCUT2D eigenvalue weighted by Crippen LogP contribution is 2.24. The van der Waals surface area contributed by atoms with Gasteiger partial charge in [0.1, 0.15) is 5.54 Å². The third-order valence-corrected chi connectivity index (χ3v) is 4.61. The van der Waals surface area contributed by atoms with Gasteiger partial charge in [-0.25, -0.2) is 0 Å². The Bertz CT molecular complexity index is 552. The number of carbonyl (C=O) groups is 2. The average Bonchev–Trinajstić information content (AvgIpc) is 2.76. The van der Waals surface area contributed by atoms with Crippen LogP contribution in [0.3, 0.4) is 0 Å². The van der Waals surface area contributed by atoms with E-state index >= 15 is 0 Å². The molecule has 1 atom stereocenters. The van der Waals surface area contributed by atoms with E-state index in [9.17, 15) is 9.59 Å². The van der Waals surface area contributed by atoms with Gasteiger partial charge in [0.2, 0.25) is 0 Å². The van der Waals surface area contributed by atoms with Gasteiger partial charge >= 0.3 is 5.97 Å². The molecule has 1 fully saturated rings. The second-order valence-corrected chi connectivity index (χ2v) is 6.64. The molecular weight excluding hydrogens is 427 g/mol. The van der Waals surface area contributed by atoms with E-state index in [1.165, 1.54) is 4.90 Å². The van der Waals surface area contributed by atoms with Gasteiger partial charge in [-0.05, 0) is 47.2 Å². The van der Waals surface area contributed by atoms with E-state index in [0.29, 0.717) is 12.1 Å². The highest BCUT2D eigenvalue weighted by molar-refractivity contribution is 14.1. The van der Waals surface area contributed by atoms with Crippen LogP contribution < -0.4 is 5.73 Å². The number of rotatable bonds is 2. The molecule has 1 aliphatic heterocycles. The number of carbonyl (C=O) groups excluding carboxylic acids is 1. The summed E-state index contributed by atoms with van der Waals surface area (Å²) in [6.07, 6.45) is 0.276.